The van der Waals surface area contributed by atoms with Crippen molar-refractivity contribution in [2.24, 2.45) is 0 Å². The Hall–Kier alpha value is -7.10. The Kier molecular flexibility index (Phi) is 7.20. The van der Waals surface area contributed by atoms with Gasteiger partial charge in [0.1, 0.15) is 0 Å². The largest absolute Gasteiger partial charge is 0.309 e. The normalized spacial score (nSPS) is 13.0. The average Bonchev–Trinajstić information content (AvgIpc) is 3.71. The van der Waals surface area contributed by atoms with E-state index in [9.17, 15) is 0 Å². The third-order valence-electron chi connectivity index (χ3n) is 12.0. The second-order valence-electron chi connectivity index (χ2n) is 15.5. The summed E-state index contributed by atoms with van der Waals surface area (Å²) in [4.78, 5) is 8.71. The first-order chi connectivity index (χ1) is 27.5. The van der Waals surface area contributed by atoms with Crippen LogP contribution in [-0.2, 0) is 5.41 Å². The second kappa shape index (κ2) is 12.5. The maximum absolute atomic E-state index is 4.55. The zero-order valence-corrected chi connectivity index (χ0v) is 31.2. The van der Waals surface area contributed by atoms with Gasteiger partial charge in [-0.3, -0.25) is 9.97 Å². The molecule has 56 heavy (non-hydrogen) atoms. The fourth-order valence-electron chi connectivity index (χ4n) is 9.01. The van der Waals surface area contributed by atoms with Crippen LogP contribution in [0, 0.1) is 0 Å². The number of hydrogen-bond donors (Lipinski definition) is 0. The van der Waals surface area contributed by atoms with Crippen LogP contribution in [0.2, 0.25) is 0 Å². The summed E-state index contributed by atoms with van der Waals surface area (Å²) in [6.07, 6.45) is 7.49. The van der Waals surface area contributed by atoms with Crippen molar-refractivity contribution in [1.29, 1.82) is 0 Å². The van der Waals surface area contributed by atoms with Crippen molar-refractivity contribution in [3.63, 3.8) is 0 Å². The summed E-state index contributed by atoms with van der Waals surface area (Å²) in [5.41, 5.74) is 18.3. The quantitative estimate of drug-likeness (QED) is 0.178. The van der Waals surface area contributed by atoms with Gasteiger partial charge in [-0.25, -0.2) is 0 Å². The van der Waals surface area contributed by atoms with Crippen LogP contribution in [0.1, 0.15) is 25.0 Å². The minimum Gasteiger partial charge on any atom is -0.309 e. The zero-order chi connectivity index (χ0) is 37.4. The first-order valence-corrected chi connectivity index (χ1v) is 19.3. The third-order valence-corrected chi connectivity index (χ3v) is 12.0. The Morgan fingerprint density at radius 2 is 0.857 bits per heavy atom. The molecule has 0 aliphatic heterocycles. The highest BCUT2D eigenvalue weighted by molar-refractivity contribution is 6.09. The summed E-state index contributed by atoms with van der Waals surface area (Å²) >= 11 is 0. The van der Waals surface area contributed by atoms with Crippen LogP contribution in [0.3, 0.4) is 0 Å². The lowest BCUT2D eigenvalue weighted by atomic mass is 9.80. The molecule has 0 unspecified atom stereocenters. The summed E-state index contributed by atoms with van der Waals surface area (Å²) in [5.74, 6) is 0. The van der Waals surface area contributed by atoms with Crippen LogP contribution in [0.25, 0.3) is 93.9 Å². The Bertz CT molecular complexity index is 3100. The van der Waals surface area contributed by atoms with E-state index in [1.807, 2.05) is 36.9 Å². The lowest BCUT2D eigenvalue weighted by molar-refractivity contribution is 0.661. The Morgan fingerprint density at radius 1 is 0.393 bits per heavy atom. The minimum atomic E-state index is -0.135. The van der Waals surface area contributed by atoms with E-state index in [2.05, 4.69) is 180 Å². The van der Waals surface area contributed by atoms with Crippen LogP contribution in [-0.4, -0.2) is 14.5 Å². The van der Waals surface area contributed by atoms with Gasteiger partial charge >= 0.3 is 0 Å². The van der Waals surface area contributed by atoms with E-state index >= 15 is 0 Å². The number of fused-ring (bicyclic) bond motifs is 7. The number of pyridine rings is 2. The molecule has 0 amide bonds. The minimum absolute atomic E-state index is 0.135. The Labute approximate surface area is 326 Å². The van der Waals surface area contributed by atoms with E-state index in [0.717, 1.165) is 22.3 Å². The summed E-state index contributed by atoms with van der Waals surface area (Å²) < 4.78 is 2.38. The Balaban J connectivity index is 0.888. The molecule has 3 heterocycles. The number of para-hydroxylation sites is 2. The van der Waals surface area contributed by atoms with Gasteiger partial charge in [-0.2, -0.15) is 0 Å². The van der Waals surface area contributed by atoms with Crippen LogP contribution in [0.15, 0.2) is 189 Å². The molecule has 0 radical (unpaired) electrons. The molecular formula is C53H37N3. The highest BCUT2D eigenvalue weighted by Crippen LogP contribution is 2.51. The van der Waals surface area contributed by atoms with Crippen LogP contribution >= 0.6 is 0 Å². The van der Waals surface area contributed by atoms with Crippen molar-refractivity contribution in [1.82, 2.24) is 14.5 Å². The molecule has 0 N–H and O–H groups in total. The van der Waals surface area contributed by atoms with E-state index in [0.29, 0.717) is 0 Å². The third kappa shape index (κ3) is 5.12. The van der Waals surface area contributed by atoms with Crippen molar-refractivity contribution < 1.29 is 0 Å². The maximum atomic E-state index is 4.55. The molecule has 11 rings (SSSR count). The summed E-state index contributed by atoms with van der Waals surface area (Å²) in [6, 6.07) is 60.3. The molecule has 7 aromatic carbocycles. The first kappa shape index (κ1) is 32.3. The van der Waals surface area contributed by atoms with Crippen LogP contribution in [0.4, 0.5) is 0 Å². The van der Waals surface area contributed by atoms with E-state index in [4.69, 9.17) is 0 Å². The topological polar surface area (TPSA) is 30.7 Å². The van der Waals surface area contributed by atoms with E-state index in [-0.39, 0.29) is 5.41 Å². The highest BCUT2D eigenvalue weighted by atomic mass is 15.0. The molecule has 264 valence electrons. The smallest absolute Gasteiger partial charge is 0.0541 e. The molecule has 0 spiro atoms. The summed E-state index contributed by atoms with van der Waals surface area (Å²) in [6.45, 7) is 4.74. The van der Waals surface area contributed by atoms with E-state index in [1.165, 1.54) is 82.8 Å². The molecule has 10 aromatic rings. The fraction of sp³-hybridized carbons (Fsp3) is 0.0566. The van der Waals surface area contributed by atoms with Crippen molar-refractivity contribution in [3.05, 3.63) is 200 Å². The van der Waals surface area contributed by atoms with Gasteiger partial charge in [-0.05, 0) is 133 Å². The average molecular weight is 716 g/mol. The number of nitrogens with zero attached hydrogens (tertiary/aromatic N) is 3. The monoisotopic (exact) mass is 715 g/mol. The molecule has 0 atom stereocenters. The van der Waals surface area contributed by atoms with Crippen molar-refractivity contribution >= 4 is 32.6 Å². The van der Waals surface area contributed by atoms with Gasteiger partial charge in [-0.1, -0.05) is 111 Å². The molecule has 1 aliphatic rings. The SMILES string of the molecule is CC1(C)c2cc(-c3ccc(-n4c5ccccc5c5ccccc54)cc3)ccc2-c2ccc(-c3ccc4cc(-c5cncc(-c6ccncc6)c5)ccc4c3)cc21. The summed E-state index contributed by atoms with van der Waals surface area (Å²) in [7, 11) is 0. The molecule has 3 aromatic heterocycles. The summed E-state index contributed by atoms with van der Waals surface area (Å²) in [5, 5.41) is 5.00. The van der Waals surface area contributed by atoms with Gasteiger partial charge in [0.05, 0.1) is 11.0 Å². The number of aromatic nitrogens is 3. The molecule has 1 aliphatic carbocycles. The molecule has 0 saturated heterocycles. The van der Waals surface area contributed by atoms with Crippen molar-refractivity contribution in [2.45, 2.75) is 19.3 Å². The van der Waals surface area contributed by atoms with Crippen molar-refractivity contribution in [2.75, 3.05) is 0 Å². The van der Waals surface area contributed by atoms with E-state index in [1.54, 1.807) is 0 Å². The standard InChI is InChI=1S/C53H37N3/c1-53(2)49-30-40(34-15-19-44(20-16-34)56-51-9-5-3-7-47(51)48-8-4-6-10-52(48)56)17-21-45(49)46-22-18-41(31-50(46)53)38-12-11-37-28-39(14-13-36(37)27-38)43-29-42(32-55-33-43)35-23-25-54-26-24-35/h3-33H,1-2H3. The van der Waals surface area contributed by atoms with Gasteiger partial charge in [0.2, 0.25) is 0 Å². The van der Waals surface area contributed by atoms with Crippen molar-refractivity contribution in [3.8, 4) is 61.3 Å². The van der Waals surface area contributed by atoms with Crippen LogP contribution in [0.5, 0.6) is 0 Å². The first-order valence-electron chi connectivity index (χ1n) is 19.3. The van der Waals surface area contributed by atoms with Gasteiger partial charge in [0.25, 0.3) is 0 Å². The van der Waals surface area contributed by atoms with Crippen LogP contribution < -0.4 is 0 Å². The van der Waals surface area contributed by atoms with Gasteiger partial charge < -0.3 is 4.57 Å². The molecule has 0 saturated carbocycles. The maximum Gasteiger partial charge on any atom is 0.0541 e. The van der Waals surface area contributed by atoms with Gasteiger partial charge in [-0.15, -0.1) is 0 Å². The number of benzene rings is 7. The predicted molar refractivity (Wildman–Crippen MR) is 233 cm³/mol. The molecular weight excluding hydrogens is 679 g/mol. The van der Waals surface area contributed by atoms with Gasteiger partial charge in [0.15, 0.2) is 0 Å². The molecule has 3 nitrogen and oxygen atoms in total. The molecule has 0 bridgehead atoms. The zero-order valence-electron chi connectivity index (χ0n) is 31.2. The van der Waals surface area contributed by atoms with Gasteiger partial charge in [0, 0.05) is 57.8 Å². The second-order valence-corrected chi connectivity index (χ2v) is 15.5. The number of rotatable bonds is 5. The molecule has 3 heteroatoms. The Morgan fingerprint density at radius 3 is 1.46 bits per heavy atom. The lowest BCUT2D eigenvalue weighted by Crippen LogP contribution is -2.15. The lowest BCUT2D eigenvalue weighted by Gasteiger charge is -2.23. The van der Waals surface area contributed by atoms with E-state index < -0.39 is 0 Å². The molecule has 0 fully saturated rings. The predicted octanol–water partition coefficient (Wildman–Crippen LogP) is 13.7. The number of hydrogen-bond acceptors (Lipinski definition) is 2. The highest BCUT2D eigenvalue weighted by Gasteiger charge is 2.36. The fourth-order valence-corrected chi connectivity index (χ4v) is 9.01.